The Balaban J connectivity index is 1.79. The van der Waals surface area contributed by atoms with Crippen molar-refractivity contribution >= 4 is 11.7 Å². The summed E-state index contributed by atoms with van der Waals surface area (Å²) in [5.74, 6) is 0. The highest BCUT2D eigenvalue weighted by molar-refractivity contribution is 5.90. The molecular weight excluding hydrogens is 367 g/mol. The van der Waals surface area contributed by atoms with Crippen molar-refractivity contribution in [1.82, 2.24) is 4.90 Å². The Morgan fingerprint density at radius 1 is 1.21 bits per heavy atom. The van der Waals surface area contributed by atoms with Gasteiger partial charge in [-0.15, -0.1) is 0 Å². The minimum atomic E-state index is -4.43. The lowest BCUT2D eigenvalue weighted by Gasteiger charge is -2.36. The van der Waals surface area contributed by atoms with Gasteiger partial charge in [0.15, 0.2) is 0 Å². The monoisotopic (exact) mass is 387 g/mol. The lowest BCUT2D eigenvalue weighted by molar-refractivity contribution is -0.138. The van der Waals surface area contributed by atoms with Crippen molar-refractivity contribution in [3.63, 3.8) is 0 Å². The van der Waals surface area contributed by atoms with Gasteiger partial charge in [0.1, 0.15) is 0 Å². The Hall–Kier alpha value is -3.01. The van der Waals surface area contributed by atoms with Crippen molar-refractivity contribution in [2.45, 2.75) is 37.9 Å². The third kappa shape index (κ3) is 4.11. The van der Waals surface area contributed by atoms with Crippen molar-refractivity contribution in [2.75, 3.05) is 11.9 Å². The minimum absolute atomic E-state index is 0.128. The molecule has 1 aliphatic rings. The number of nitrogens with one attached hydrogen (secondary N) is 1. The molecule has 1 saturated heterocycles. The fourth-order valence-corrected chi connectivity index (χ4v) is 3.73. The number of amides is 2. The zero-order chi connectivity index (χ0) is 20.4. The fraction of sp³-hybridized carbons (Fsp3) is 0.333. The molecule has 0 radical (unpaired) electrons. The summed E-state index contributed by atoms with van der Waals surface area (Å²) >= 11 is 0. The van der Waals surface area contributed by atoms with Gasteiger partial charge in [-0.25, -0.2) is 4.79 Å². The second-order valence-corrected chi connectivity index (χ2v) is 7.20. The molecular formula is C21H20F3N3O. The molecule has 0 aromatic heterocycles. The van der Waals surface area contributed by atoms with Gasteiger partial charge in [-0.2, -0.15) is 18.4 Å². The first-order valence-corrected chi connectivity index (χ1v) is 8.97. The maximum absolute atomic E-state index is 13.3. The number of nitrogens with zero attached hydrogens (tertiary/aromatic N) is 2. The van der Waals surface area contributed by atoms with E-state index in [2.05, 4.69) is 5.32 Å². The van der Waals surface area contributed by atoms with Gasteiger partial charge in [-0.05, 0) is 62.1 Å². The maximum atomic E-state index is 13.3. The summed E-state index contributed by atoms with van der Waals surface area (Å²) in [5, 5.41) is 11.6. The van der Waals surface area contributed by atoms with Crippen LogP contribution in [0.3, 0.4) is 0 Å². The number of carbonyl (C=O) groups excluding carboxylic acids is 1. The Morgan fingerprint density at radius 2 is 1.89 bits per heavy atom. The van der Waals surface area contributed by atoms with E-state index in [9.17, 15) is 18.0 Å². The van der Waals surface area contributed by atoms with Gasteiger partial charge in [0, 0.05) is 17.8 Å². The molecule has 28 heavy (non-hydrogen) atoms. The fourth-order valence-electron chi connectivity index (χ4n) is 3.73. The van der Waals surface area contributed by atoms with Crippen LogP contribution in [-0.4, -0.2) is 23.0 Å². The number of likely N-dealkylation sites (tertiary alicyclic amines) is 1. The number of carbonyl (C=O) groups is 1. The number of halogens is 3. The van der Waals surface area contributed by atoms with Crippen molar-refractivity contribution in [3.05, 3.63) is 65.2 Å². The van der Waals surface area contributed by atoms with E-state index in [4.69, 9.17) is 5.26 Å². The Morgan fingerprint density at radius 3 is 2.54 bits per heavy atom. The van der Waals surface area contributed by atoms with Crippen molar-refractivity contribution in [2.24, 2.45) is 0 Å². The zero-order valence-electron chi connectivity index (χ0n) is 15.4. The van der Waals surface area contributed by atoms with E-state index in [0.717, 1.165) is 12.5 Å². The van der Waals surface area contributed by atoms with E-state index in [-0.39, 0.29) is 18.0 Å². The summed E-state index contributed by atoms with van der Waals surface area (Å²) in [5.41, 5.74) is -0.161. The molecule has 1 heterocycles. The lowest BCUT2D eigenvalue weighted by atomic mass is 9.88. The van der Waals surface area contributed by atoms with Crippen molar-refractivity contribution in [3.8, 4) is 6.07 Å². The third-order valence-corrected chi connectivity index (χ3v) is 5.15. The van der Waals surface area contributed by atoms with Crippen LogP contribution < -0.4 is 5.32 Å². The van der Waals surface area contributed by atoms with Crippen molar-refractivity contribution in [1.29, 1.82) is 5.26 Å². The van der Waals surface area contributed by atoms with Gasteiger partial charge in [0.25, 0.3) is 0 Å². The molecule has 2 aromatic carbocycles. The second-order valence-electron chi connectivity index (χ2n) is 7.20. The molecule has 1 atom stereocenters. The van der Waals surface area contributed by atoms with Crippen LogP contribution in [0.4, 0.5) is 23.7 Å². The molecule has 0 saturated carbocycles. The summed E-state index contributed by atoms with van der Waals surface area (Å²) in [6.07, 6.45) is -2.95. The minimum Gasteiger partial charge on any atom is -0.319 e. The van der Waals surface area contributed by atoms with Crippen LogP contribution in [0.5, 0.6) is 0 Å². The number of urea groups is 1. The standard InChI is InChI=1S/C21H20F3N3O/c1-20(13-16-5-2-3-6-18(16)21(22,23)24)11-4-12-27(20)19(28)26-17-9-7-15(14-25)8-10-17/h2-3,5-10H,4,11-13H2,1H3,(H,26,28). The van der Waals surface area contributed by atoms with E-state index < -0.39 is 17.3 Å². The second kappa shape index (κ2) is 7.55. The molecule has 3 rings (SSSR count). The summed E-state index contributed by atoms with van der Waals surface area (Å²) in [6.45, 7) is 2.30. The van der Waals surface area contributed by atoms with Gasteiger partial charge in [-0.1, -0.05) is 18.2 Å². The Bertz CT molecular complexity index is 902. The van der Waals surface area contributed by atoms with Gasteiger partial charge in [0.2, 0.25) is 0 Å². The number of alkyl halides is 3. The Kier molecular flexibility index (Phi) is 5.32. The van der Waals surface area contributed by atoms with Crippen LogP contribution in [0.2, 0.25) is 0 Å². The number of rotatable bonds is 3. The molecule has 146 valence electrons. The SMILES string of the molecule is CC1(Cc2ccccc2C(F)(F)F)CCCN1C(=O)Nc1ccc(C#N)cc1. The van der Waals surface area contributed by atoms with Crippen LogP contribution in [0, 0.1) is 11.3 Å². The van der Waals surface area contributed by atoms with Gasteiger partial charge < -0.3 is 10.2 Å². The van der Waals surface area contributed by atoms with Gasteiger partial charge in [0.05, 0.1) is 17.2 Å². The van der Waals surface area contributed by atoms with Crippen LogP contribution in [0.15, 0.2) is 48.5 Å². The summed E-state index contributed by atoms with van der Waals surface area (Å²) in [4.78, 5) is 14.4. The summed E-state index contributed by atoms with van der Waals surface area (Å²) < 4.78 is 40.0. The predicted octanol–water partition coefficient (Wildman–Crippen LogP) is 5.21. The molecule has 1 aliphatic heterocycles. The normalized spacial score (nSPS) is 19.3. The van der Waals surface area contributed by atoms with Gasteiger partial charge in [-0.3, -0.25) is 0 Å². The zero-order valence-corrected chi connectivity index (χ0v) is 15.4. The lowest BCUT2D eigenvalue weighted by Crippen LogP contribution is -2.48. The van der Waals surface area contributed by atoms with E-state index in [0.29, 0.717) is 24.2 Å². The highest BCUT2D eigenvalue weighted by Crippen LogP contribution is 2.38. The molecule has 1 N–H and O–H groups in total. The summed E-state index contributed by atoms with van der Waals surface area (Å²) in [6, 6.07) is 13.6. The number of hydrogen-bond donors (Lipinski definition) is 1. The molecule has 1 fully saturated rings. The number of anilines is 1. The van der Waals surface area contributed by atoms with E-state index in [1.165, 1.54) is 12.1 Å². The number of benzene rings is 2. The van der Waals surface area contributed by atoms with Crippen molar-refractivity contribution < 1.29 is 18.0 Å². The van der Waals surface area contributed by atoms with Crippen LogP contribution >= 0.6 is 0 Å². The van der Waals surface area contributed by atoms with Gasteiger partial charge >= 0.3 is 12.2 Å². The molecule has 7 heteroatoms. The van der Waals surface area contributed by atoms with Crippen LogP contribution in [0.25, 0.3) is 0 Å². The predicted molar refractivity (Wildman–Crippen MR) is 99.7 cm³/mol. The van der Waals surface area contributed by atoms with E-state index in [1.807, 2.05) is 13.0 Å². The average molecular weight is 387 g/mol. The molecule has 0 spiro atoms. The molecule has 0 bridgehead atoms. The quantitative estimate of drug-likeness (QED) is 0.786. The third-order valence-electron chi connectivity index (χ3n) is 5.15. The summed E-state index contributed by atoms with van der Waals surface area (Å²) in [7, 11) is 0. The Labute approximate surface area is 161 Å². The first-order chi connectivity index (χ1) is 13.2. The molecule has 1 unspecified atom stereocenters. The number of nitriles is 1. The maximum Gasteiger partial charge on any atom is 0.416 e. The van der Waals surface area contributed by atoms with Crippen LogP contribution in [-0.2, 0) is 12.6 Å². The van der Waals surface area contributed by atoms with Crippen LogP contribution in [0.1, 0.15) is 36.5 Å². The first-order valence-electron chi connectivity index (χ1n) is 8.97. The topological polar surface area (TPSA) is 56.1 Å². The van der Waals surface area contributed by atoms with E-state index >= 15 is 0 Å². The molecule has 0 aliphatic carbocycles. The largest absolute Gasteiger partial charge is 0.416 e. The molecule has 2 aromatic rings. The molecule has 4 nitrogen and oxygen atoms in total. The highest BCUT2D eigenvalue weighted by atomic mass is 19.4. The average Bonchev–Trinajstić information content (AvgIpc) is 3.03. The number of hydrogen-bond acceptors (Lipinski definition) is 2. The first kappa shape index (κ1) is 19.7. The molecule has 2 amide bonds. The van der Waals surface area contributed by atoms with E-state index in [1.54, 1.807) is 35.2 Å². The highest BCUT2D eigenvalue weighted by Gasteiger charge is 2.42. The smallest absolute Gasteiger partial charge is 0.319 e.